The zero-order valence-electron chi connectivity index (χ0n) is 17.4. The number of aromatic nitrogens is 1. The van der Waals surface area contributed by atoms with Crippen molar-refractivity contribution in [2.75, 3.05) is 17.4 Å². The van der Waals surface area contributed by atoms with Crippen LogP contribution in [0.25, 0.3) is 0 Å². The van der Waals surface area contributed by atoms with Gasteiger partial charge in [0.05, 0.1) is 0 Å². The van der Waals surface area contributed by atoms with Crippen LogP contribution in [0.3, 0.4) is 0 Å². The zero-order valence-corrected chi connectivity index (χ0v) is 19.1. The standard InChI is InChI=1S/C25H19N3O4Se/c29-23(18-8-6-17(7-9-18)12-16-4-2-1-3-5-16)28-25-26-14-22(33-25)24(30)27-19-10-11-20-21(13-19)32-15-31-20/h1-11,13-14H,12,15H2,(H,27,30)(H,26,28,29). The number of nitrogens with zero attached hydrogens (tertiary/aromatic N) is 1. The van der Waals surface area contributed by atoms with Crippen LogP contribution in [0.15, 0.2) is 79.0 Å². The fraction of sp³-hybridized carbons (Fsp3) is 0.0800. The molecule has 0 fully saturated rings. The number of nitrogens with one attached hydrogen (secondary N) is 2. The molecule has 0 bridgehead atoms. The van der Waals surface area contributed by atoms with E-state index < -0.39 is 14.5 Å². The van der Waals surface area contributed by atoms with E-state index in [9.17, 15) is 9.59 Å². The predicted octanol–water partition coefficient (Wildman–Crippen LogP) is 3.96. The molecule has 0 atom stereocenters. The molecule has 5 rings (SSSR count). The Kier molecular flexibility index (Phi) is 5.93. The van der Waals surface area contributed by atoms with Gasteiger partial charge >= 0.3 is 196 Å². The van der Waals surface area contributed by atoms with Gasteiger partial charge in [0.25, 0.3) is 0 Å². The fourth-order valence-corrected chi connectivity index (χ4v) is 4.86. The summed E-state index contributed by atoms with van der Waals surface area (Å²) < 4.78 is 11.6. The van der Waals surface area contributed by atoms with Crippen molar-refractivity contribution in [3.05, 3.63) is 100 Å². The summed E-state index contributed by atoms with van der Waals surface area (Å²) in [5.41, 5.74) is 3.50. The topological polar surface area (TPSA) is 89.6 Å². The first-order valence-electron chi connectivity index (χ1n) is 10.2. The molecule has 1 aromatic heterocycles. The second kappa shape index (κ2) is 9.32. The van der Waals surface area contributed by atoms with Crippen molar-refractivity contribution in [3.63, 3.8) is 0 Å². The van der Waals surface area contributed by atoms with Crippen LogP contribution >= 0.6 is 0 Å². The number of rotatable bonds is 6. The molecule has 2 N–H and O–H groups in total. The number of carbonyl (C=O) groups excluding carboxylic acids is 2. The summed E-state index contributed by atoms with van der Waals surface area (Å²) in [6.07, 6.45) is 2.31. The van der Waals surface area contributed by atoms with Crippen molar-refractivity contribution < 1.29 is 19.1 Å². The summed E-state index contributed by atoms with van der Waals surface area (Å²) >= 11 is -0.399. The molecule has 0 spiro atoms. The molecule has 1 aliphatic heterocycles. The van der Waals surface area contributed by atoms with E-state index in [-0.39, 0.29) is 18.6 Å². The molecule has 2 heterocycles. The van der Waals surface area contributed by atoms with E-state index >= 15 is 0 Å². The molecule has 7 nitrogen and oxygen atoms in total. The van der Waals surface area contributed by atoms with Gasteiger partial charge in [-0.05, 0) is 0 Å². The minimum absolute atomic E-state index is 0.174. The van der Waals surface area contributed by atoms with Gasteiger partial charge in [0.2, 0.25) is 0 Å². The van der Waals surface area contributed by atoms with E-state index in [2.05, 4.69) is 27.8 Å². The number of hydrogen-bond acceptors (Lipinski definition) is 5. The summed E-state index contributed by atoms with van der Waals surface area (Å²) in [5, 5.41) is 5.65. The van der Waals surface area contributed by atoms with Gasteiger partial charge in [-0.3, -0.25) is 0 Å². The summed E-state index contributed by atoms with van der Waals surface area (Å²) in [7, 11) is 0. The van der Waals surface area contributed by atoms with Crippen molar-refractivity contribution in [1.29, 1.82) is 0 Å². The normalized spacial score (nSPS) is 11.8. The summed E-state index contributed by atoms with van der Waals surface area (Å²) in [5.74, 6) is 0.747. The fourth-order valence-electron chi connectivity index (χ4n) is 3.38. The Morgan fingerprint density at radius 3 is 2.42 bits per heavy atom. The number of benzene rings is 3. The summed E-state index contributed by atoms with van der Waals surface area (Å²) in [6.45, 7) is 0.174. The molecule has 33 heavy (non-hydrogen) atoms. The molecule has 0 unspecified atom stereocenters. The molecule has 0 saturated heterocycles. The van der Waals surface area contributed by atoms with Crippen molar-refractivity contribution >= 4 is 36.7 Å². The average Bonchev–Trinajstić information content (AvgIpc) is 3.49. The van der Waals surface area contributed by atoms with Gasteiger partial charge in [0.15, 0.2) is 0 Å². The first-order valence-corrected chi connectivity index (χ1v) is 12.0. The van der Waals surface area contributed by atoms with Crippen LogP contribution in [0, 0.1) is 0 Å². The number of carbonyl (C=O) groups is 2. The number of anilines is 2. The Morgan fingerprint density at radius 2 is 1.61 bits per heavy atom. The maximum absolute atomic E-state index is 12.6. The van der Waals surface area contributed by atoms with Crippen LogP contribution in [0.4, 0.5) is 10.4 Å². The van der Waals surface area contributed by atoms with Crippen LogP contribution in [-0.2, 0) is 6.42 Å². The van der Waals surface area contributed by atoms with Gasteiger partial charge in [0.1, 0.15) is 0 Å². The first kappa shape index (κ1) is 21.0. The van der Waals surface area contributed by atoms with E-state index in [0.29, 0.717) is 31.9 Å². The molecule has 8 heteroatoms. The average molecular weight is 504 g/mol. The van der Waals surface area contributed by atoms with Crippen molar-refractivity contribution in [3.8, 4) is 11.5 Å². The second-order valence-corrected chi connectivity index (χ2v) is 9.53. The monoisotopic (exact) mass is 505 g/mol. The zero-order chi connectivity index (χ0) is 22.6. The van der Waals surface area contributed by atoms with Crippen molar-refractivity contribution in [2.45, 2.75) is 6.42 Å². The number of ether oxygens (including phenoxy) is 2. The molecule has 0 saturated carbocycles. The van der Waals surface area contributed by atoms with Gasteiger partial charge in [0, 0.05) is 0 Å². The first-order chi connectivity index (χ1) is 16.1. The Morgan fingerprint density at radius 1 is 0.848 bits per heavy atom. The second-order valence-electron chi connectivity index (χ2n) is 7.37. The molecule has 0 radical (unpaired) electrons. The number of amides is 2. The third kappa shape index (κ3) is 4.98. The molecule has 1 aliphatic rings. The van der Waals surface area contributed by atoms with Crippen LogP contribution in [0.1, 0.15) is 30.7 Å². The van der Waals surface area contributed by atoms with Crippen LogP contribution < -0.4 is 20.1 Å². The van der Waals surface area contributed by atoms with E-state index in [0.717, 1.165) is 12.0 Å². The van der Waals surface area contributed by atoms with E-state index in [1.165, 1.54) is 11.8 Å². The molecule has 2 amide bonds. The summed E-state index contributed by atoms with van der Waals surface area (Å²) in [6, 6.07) is 22.9. The van der Waals surface area contributed by atoms with Gasteiger partial charge in [-0.25, -0.2) is 0 Å². The van der Waals surface area contributed by atoms with E-state index in [1.54, 1.807) is 30.3 Å². The third-order valence-corrected chi connectivity index (χ3v) is 6.96. The Balaban J connectivity index is 1.19. The van der Waals surface area contributed by atoms with Crippen molar-refractivity contribution in [1.82, 2.24) is 4.98 Å². The quantitative estimate of drug-likeness (QED) is 0.388. The van der Waals surface area contributed by atoms with Crippen LogP contribution in [0.2, 0.25) is 0 Å². The summed E-state index contributed by atoms with van der Waals surface area (Å²) in [4.78, 5) is 29.4. The Bertz CT molecular complexity index is 1300. The minimum atomic E-state index is -0.399. The molecule has 3 aromatic carbocycles. The predicted molar refractivity (Wildman–Crippen MR) is 125 cm³/mol. The third-order valence-electron chi connectivity index (χ3n) is 5.05. The Labute approximate surface area is 196 Å². The van der Waals surface area contributed by atoms with E-state index in [1.807, 2.05) is 30.3 Å². The maximum atomic E-state index is 12.6. The van der Waals surface area contributed by atoms with Crippen LogP contribution in [0.5, 0.6) is 11.5 Å². The molecular weight excluding hydrogens is 485 g/mol. The van der Waals surface area contributed by atoms with Crippen molar-refractivity contribution in [2.24, 2.45) is 0 Å². The molecule has 0 aliphatic carbocycles. The molecule has 164 valence electrons. The van der Waals surface area contributed by atoms with Gasteiger partial charge < -0.3 is 0 Å². The van der Waals surface area contributed by atoms with E-state index in [4.69, 9.17) is 9.47 Å². The SMILES string of the molecule is O=C(Nc1ncc(C(=O)Nc2ccc3c(c2)OCO3)[se]1)c1ccc(Cc2ccccc2)cc1. The van der Waals surface area contributed by atoms with Crippen LogP contribution in [-0.4, -0.2) is 38.1 Å². The van der Waals surface area contributed by atoms with Gasteiger partial charge in [-0.2, -0.15) is 0 Å². The van der Waals surface area contributed by atoms with Gasteiger partial charge in [-0.15, -0.1) is 0 Å². The Hall–Kier alpha value is -3.87. The van der Waals surface area contributed by atoms with Gasteiger partial charge in [-0.1, -0.05) is 0 Å². The molecular formula is C25H19N3O4Se. The number of hydrogen-bond donors (Lipinski definition) is 2. The number of fused-ring (bicyclic) bond motifs is 1. The molecule has 4 aromatic rings.